The highest BCUT2D eigenvalue weighted by atomic mass is 79.9. The second kappa shape index (κ2) is 3.53. The molecule has 0 spiro atoms. The van der Waals surface area contributed by atoms with Crippen LogP contribution in [0.4, 0.5) is 5.69 Å². The normalized spacial score (nSPS) is 11.2. The van der Waals surface area contributed by atoms with Gasteiger partial charge in [-0.05, 0) is 25.4 Å². The van der Waals surface area contributed by atoms with Crippen LogP contribution >= 0.6 is 27.5 Å². The molecule has 1 heterocycles. The Labute approximate surface area is 83.5 Å². The Morgan fingerprint density at radius 2 is 2.42 bits per heavy atom. The number of alkyl halides is 1. The van der Waals surface area contributed by atoms with Crippen LogP contribution in [-0.4, -0.2) is 14.6 Å². The van der Waals surface area contributed by atoms with Crippen LogP contribution in [0, 0.1) is 0 Å². The largest absolute Gasteiger partial charge is 0.323 e. The van der Waals surface area contributed by atoms with Crippen molar-refractivity contribution in [2.75, 3.05) is 5.32 Å². The number of carbonyl (C=O) groups excluding carboxylic acids is 1. The van der Waals surface area contributed by atoms with Crippen molar-refractivity contribution < 1.29 is 4.79 Å². The first-order valence-corrected chi connectivity index (χ1v) is 5.03. The van der Waals surface area contributed by atoms with Gasteiger partial charge in [-0.15, -0.1) is 0 Å². The minimum absolute atomic E-state index is 0.0669. The molecule has 1 N–H and O–H groups in total. The van der Waals surface area contributed by atoms with Crippen LogP contribution in [0.15, 0.2) is 11.6 Å². The lowest BCUT2D eigenvalue weighted by Gasteiger charge is -2.14. The van der Waals surface area contributed by atoms with E-state index in [1.165, 1.54) is 11.5 Å². The summed E-state index contributed by atoms with van der Waals surface area (Å²) < 4.78 is 3.34. The second-order valence-electron chi connectivity index (χ2n) is 2.84. The van der Waals surface area contributed by atoms with E-state index in [4.69, 9.17) is 0 Å². The number of anilines is 1. The van der Waals surface area contributed by atoms with Gasteiger partial charge in [-0.25, -0.2) is 0 Å². The average molecular weight is 249 g/mol. The summed E-state index contributed by atoms with van der Waals surface area (Å²) in [6.07, 6.45) is 1.63. The summed E-state index contributed by atoms with van der Waals surface area (Å²) >= 11 is 4.57. The predicted molar refractivity (Wildman–Crippen MR) is 53.7 cm³/mol. The molecular formula is C7H9BrN2OS. The monoisotopic (exact) mass is 248 g/mol. The van der Waals surface area contributed by atoms with E-state index in [1.807, 2.05) is 0 Å². The lowest BCUT2D eigenvalue weighted by molar-refractivity contribution is -0.117. The first-order valence-electron chi connectivity index (χ1n) is 3.40. The Hall–Kier alpha value is -0.420. The van der Waals surface area contributed by atoms with E-state index in [2.05, 4.69) is 25.6 Å². The molecule has 0 aromatic carbocycles. The van der Waals surface area contributed by atoms with Crippen LogP contribution in [0.25, 0.3) is 0 Å². The van der Waals surface area contributed by atoms with Crippen molar-refractivity contribution in [3.05, 3.63) is 11.6 Å². The molecule has 0 aliphatic heterocycles. The molecule has 66 valence electrons. The zero-order valence-corrected chi connectivity index (χ0v) is 9.20. The fraction of sp³-hybridized carbons (Fsp3) is 0.429. The van der Waals surface area contributed by atoms with E-state index < -0.39 is 4.32 Å². The van der Waals surface area contributed by atoms with E-state index in [1.54, 1.807) is 25.4 Å². The fourth-order valence-corrected chi connectivity index (χ4v) is 1.11. The SMILES string of the molecule is CC(C)(Br)C(=O)Nc1cnsc1. The highest BCUT2D eigenvalue weighted by Crippen LogP contribution is 2.19. The lowest BCUT2D eigenvalue weighted by Crippen LogP contribution is -2.30. The van der Waals surface area contributed by atoms with Gasteiger partial charge in [-0.1, -0.05) is 15.9 Å². The molecule has 1 amide bonds. The number of amides is 1. The Morgan fingerprint density at radius 3 is 2.83 bits per heavy atom. The third-order valence-electron chi connectivity index (χ3n) is 1.23. The number of hydrogen-bond donors (Lipinski definition) is 1. The summed E-state index contributed by atoms with van der Waals surface area (Å²) in [7, 11) is 0. The standard InChI is InChI=1S/C7H9BrN2OS/c1-7(2,8)6(11)10-5-3-9-12-4-5/h3-4H,1-2H3,(H,10,11). The van der Waals surface area contributed by atoms with Crippen LogP contribution < -0.4 is 5.32 Å². The van der Waals surface area contributed by atoms with Crippen molar-refractivity contribution in [2.24, 2.45) is 0 Å². The minimum Gasteiger partial charge on any atom is -0.323 e. The summed E-state index contributed by atoms with van der Waals surface area (Å²) in [6.45, 7) is 3.59. The topological polar surface area (TPSA) is 42.0 Å². The van der Waals surface area contributed by atoms with Gasteiger partial charge in [0, 0.05) is 5.38 Å². The number of carbonyl (C=O) groups is 1. The highest BCUT2D eigenvalue weighted by molar-refractivity contribution is 9.10. The number of aromatic nitrogens is 1. The van der Waals surface area contributed by atoms with Gasteiger partial charge in [0.25, 0.3) is 0 Å². The van der Waals surface area contributed by atoms with Gasteiger partial charge in [0.05, 0.1) is 16.2 Å². The molecule has 0 bridgehead atoms. The van der Waals surface area contributed by atoms with Crippen molar-refractivity contribution in [2.45, 2.75) is 18.2 Å². The number of hydrogen-bond acceptors (Lipinski definition) is 3. The number of nitrogens with one attached hydrogen (secondary N) is 1. The second-order valence-corrected chi connectivity index (χ2v) is 5.48. The van der Waals surface area contributed by atoms with Crippen LogP contribution in [0.1, 0.15) is 13.8 Å². The van der Waals surface area contributed by atoms with Crippen LogP contribution in [0.5, 0.6) is 0 Å². The Kier molecular flexibility index (Phi) is 2.85. The molecule has 0 radical (unpaired) electrons. The molecule has 0 aliphatic rings. The maximum absolute atomic E-state index is 11.4. The maximum Gasteiger partial charge on any atom is 0.240 e. The van der Waals surface area contributed by atoms with Crippen LogP contribution in [0.3, 0.4) is 0 Å². The van der Waals surface area contributed by atoms with Gasteiger partial charge in [0.15, 0.2) is 0 Å². The predicted octanol–water partition coefficient (Wildman–Crippen LogP) is 2.26. The van der Waals surface area contributed by atoms with E-state index in [0.717, 1.165) is 5.69 Å². The molecule has 0 saturated heterocycles. The van der Waals surface area contributed by atoms with Crippen LogP contribution in [-0.2, 0) is 4.79 Å². The van der Waals surface area contributed by atoms with E-state index in [9.17, 15) is 4.79 Å². The zero-order chi connectivity index (χ0) is 9.19. The number of halogens is 1. The van der Waals surface area contributed by atoms with Gasteiger partial charge in [0.1, 0.15) is 0 Å². The maximum atomic E-state index is 11.4. The van der Waals surface area contributed by atoms with Gasteiger partial charge in [-0.2, -0.15) is 4.37 Å². The van der Waals surface area contributed by atoms with Gasteiger partial charge >= 0.3 is 0 Å². The Balaban J connectivity index is 2.60. The number of rotatable bonds is 2. The smallest absolute Gasteiger partial charge is 0.240 e. The molecule has 0 aliphatic carbocycles. The quantitative estimate of drug-likeness (QED) is 0.817. The Bertz CT molecular complexity index is 265. The molecular weight excluding hydrogens is 240 g/mol. The molecule has 0 fully saturated rings. The molecule has 1 rings (SSSR count). The molecule has 1 aromatic heterocycles. The first kappa shape index (κ1) is 9.67. The molecule has 0 atom stereocenters. The Morgan fingerprint density at radius 1 is 1.75 bits per heavy atom. The van der Waals surface area contributed by atoms with Crippen molar-refractivity contribution in [1.82, 2.24) is 4.37 Å². The summed E-state index contributed by atoms with van der Waals surface area (Å²) in [5.74, 6) is -0.0669. The molecule has 0 saturated carbocycles. The zero-order valence-electron chi connectivity index (χ0n) is 6.80. The van der Waals surface area contributed by atoms with Crippen molar-refractivity contribution in [3.8, 4) is 0 Å². The van der Waals surface area contributed by atoms with E-state index in [-0.39, 0.29) is 5.91 Å². The van der Waals surface area contributed by atoms with Gasteiger partial charge in [0.2, 0.25) is 5.91 Å². The van der Waals surface area contributed by atoms with Crippen molar-refractivity contribution >= 4 is 39.1 Å². The summed E-state index contributed by atoms with van der Waals surface area (Å²) in [5, 5.41) is 4.51. The molecule has 1 aromatic rings. The summed E-state index contributed by atoms with van der Waals surface area (Å²) in [6, 6.07) is 0. The third-order valence-corrected chi connectivity index (χ3v) is 2.18. The number of nitrogens with zero attached hydrogens (tertiary/aromatic N) is 1. The van der Waals surface area contributed by atoms with Crippen LogP contribution in [0.2, 0.25) is 0 Å². The molecule has 0 unspecified atom stereocenters. The third kappa shape index (κ3) is 2.57. The summed E-state index contributed by atoms with van der Waals surface area (Å²) in [4.78, 5) is 11.4. The van der Waals surface area contributed by atoms with Gasteiger partial charge in [-0.3, -0.25) is 4.79 Å². The van der Waals surface area contributed by atoms with Crippen molar-refractivity contribution in [1.29, 1.82) is 0 Å². The summed E-state index contributed by atoms with van der Waals surface area (Å²) in [5.41, 5.74) is 0.748. The molecule has 12 heavy (non-hydrogen) atoms. The minimum atomic E-state index is -0.533. The molecule has 5 heteroatoms. The molecule has 3 nitrogen and oxygen atoms in total. The first-order chi connectivity index (χ1) is 5.50. The average Bonchev–Trinajstić information content (AvgIpc) is 2.37. The van der Waals surface area contributed by atoms with Gasteiger partial charge < -0.3 is 5.32 Å². The fourth-order valence-electron chi connectivity index (χ4n) is 0.546. The van der Waals surface area contributed by atoms with Crippen molar-refractivity contribution in [3.63, 3.8) is 0 Å². The van der Waals surface area contributed by atoms with E-state index in [0.29, 0.717) is 0 Å². The lowest BCUT2D eigenvalue weighted by atomic mass is 10.2. The van der Waals surface area contributed by atoms with E-state index >= 15 is 0 Å². The highest BCUT2D eigenvalue weighted by Gasteiger charge is 2.23.